The molecule has 0 radical (unpaired) electrons. The Morgan fingerprint density at radius 2 is 1.84 bits per heavy atom. The normalized spacial score (nSPS) is 19.4. The molecular formula is C12H14F4N2O. The summed E-state index contributed by atoms with van der Waals surface area (Å²) in [6.45, 7) is 1.27. The van der Waals surface area contributed by atoms with Gasteiger partial charge in [-0.1, -0.05) is 6.07 Å². The third kappa shape index (κ3) is 3.16. The topological polar surface area (TPSA) is 35.5 Å². The van der Waals surface area contributed by atoms with Gasteiger partial charge in [-0.2, -0.15) is 13.2 Å². The number of nitrogens with one attached hydrogen (secondary N) is 1. The van der Waals surface area contributed by atoms with Crippen LogP contribution >= 0.6 is 0 Å². The highest BCUT2D eigenvalue weighted by Crippen LogP contribution is 2.39. The largest absolute Gasteiger partial charge is 0.508 e. The van der Waals surface area contributed by atoms with Crippen LogP contribution in [-0.2, 0) is 0 Å². The lowest BCUT2D eigenvalue weighted by Crippen LogP contribution is -2.49. The van der Waals surface area contributed by atoms with Gasteiger partial charge >= 0.3 is 6.18 Å². The molecule has 0 spiro atoms. The zero-order valence-electron chi connectivity index (χ0n) is 10.0. The van der Waals surface area contributed by atoms with Crippen LogP contribution in [0, 0.1) is 5.82 Å². The molecule has 2 rings (SSSR count). The molecule has 1 fully saturated rings. The summed E-state index contributed by atoms with van der Waals surface area (Å²) in [4.78, 5) is 1.20. The number of benzene rings is 1. The van der Waals surface area contributed by atoms with Gasteiger partial charge in [0.15, 0.2) is 0 Å². The smallest absolute Gasteiger partial charge is 0.408 e. The number of rotatable bonds is 2. The first-order valence-electron chi connectivity index (χ1n) is 5.89. The fourth-order valence-corrected chi connectivity index (χ4v) is 2.26. The van der Waals surface area contributed by atoms with Crippen molar-refractivity contribution in [2.24, 2.45) is 0 Å². The van der Waals surface area contributed by atoms with Crippen molar-refractivity contribution >= 4 is 0 Å². The van der Waals surface area contributed by atoms with Gasteiger partial charge < -0.3 is 10.4 Å². The fraction of sp³-hybridized carbons (Fsp3) is 0.500. The molecule has 0 unspecified atom stereocenters. The number of hydrogen-bond acceptors (Lipinski definition) is 3. The van der Waals surface area contributed by atoms with E-state index < -0.39 is 23.6 Å². The van der Waals surface area contributed by atoms with Gasteiger partial charge in [-0.3, -0.25) is 4.90 Å². The lowest BCUT2D eigenvalue weighted by Gasteiger charge is -2.36. The number of piperazine rings is 1. The molecule has 1 aliphatic rings. The second kappa shape index (κ2) is 5.34. The van der Waals surface area contributed by atoms with Crippen molar-refractivity contribution in [2.45, 2.75) is 12.2 Å². The summed E-state index contributed by atoms with van der Waals surface area (Å²) >= 11 is 0. The first kappa shape index (κ1) is 14.1. The van der Waals surface area contributed by atoms with Crippen LogP contribution in [0.15, 0.2) is 18.2 Å². The van der Waals surface area contributed by atoms with Crippen LogP contribution in [0.2, 0.25) is 0 Å². The van der Waals surface area contributed by atoms with Crippen molar-refractivity contribution in [3.63, 3.8) is 0 Å². The summed E-state index contributed by atoms with van der Waals surface area (Å²) in [7, 11) is 0. The van der Waals surface area contributed by atoms with Crippen LogP contribution in [0.5, 0.6) is 5.75 Å². The highest BCUT2D eigenvalue weighted by Gasteiger charge is 2.46. The molecule has 1 atom stereocenters. The SMILES string of the molecule is Oc1ccc([C@H](N2CCNCC2)C(F)(F)F)c(F)c1. The van der Waals surface area contributed by atoms with E-state index in [0.29, 0.717) is 19.2 Å². The standard InChI is InChI=1S/C12H14F4N2O/c13-10-7-8(19)1-2-9(10)11(12(14,15)16)18-5-3-17-4-6-18/h1-2,7,11,17,19H,3-6H2/t11-/m0/s1. The van der Waals surface area contributed by atoms with Crippen LogP contribution in [0.1, 0.15) is 11.6 Å². The van der Waals surface area contributed by atoms with Crippen molar-refractivity contribution in [1.82, 2.24) is 10.2 Å². The number of phenolic OH excluding ortho intramolecular Hbond substituents is 1. The average molecular weight is 278 g/mol. The molecule has 1 aromatic carbocycles. The Hall–Kier alpha value is -1.34. The van der Waals surface area contributed by atoms with Crippen molar-refractivity contribution in [3.05, 3.63) is 29.6 Å². The minimum atomic E-state index is -4.56. The maximum absolute atomic E-state index is 13.7. The maximum Gasteiger partial charge on any atom is 0.408 e. The number of nitrogens with zero attached hydrogens (tertiary/aromatic N) is 1. The van der Waals surface area contributed by atoms with Gasteiger partial charge in [-0.05, 0) is 6.07 Å². The molecule has 1 aliphatic heterocycles. The van der Waals surface area contributed by atoms with E-state index in [1.165, 1.54) is 4.90 Å². The van der Waals surface area contributed by atoms with Crippen LogP contribution in [0.25, 0.3) is 0 Å². The van der Waals surface area contributed by atoms with Crippen molar-refractivity contribution in [2.75, 3.05) is 26.2 Å². The van der Waals surface area contributed by atoms with Crippen LogP contribution < -0.4 is 5.32 Å². The molecule has 0 aliphatic carbocycles. The molecule has 0 saturated carbocycles. The molecule has 1 aromatic rings. The molecule has 1 heterocycles. The van der Waals surface area contributed by atoms with Crippen LogP contribution in [0.4, 0.5) is 17.6 Å². The fourth-order valence-electron chi connectivity index (χ4n) is 2.26. The Bertz CT molecular complexity index is 444. The number of phenols is 1. The van der Waals surface area contributed by atoms with Crippen molar-refractivity contribution in [1.29, 1.82) is 0 Å². The summed E-state index contributed by atoms with van der Waals surface area (Å²) in [5, 5.41) is 12.0. The Morgan fingerprint density at radius 3 is 2.37 bits per heavy atom. The molecule has 7 heteroatoms. The highest BCUT2D eigenvalue weighted by molar-refractivity contribution is 5.30. The lowest BCUT2D eigenvalue weighted by atomic mass is 10.0. The summed E-state index contributed by atoms with van der Waals surface area (Å²) in [6, 6.07) is 0.788. The van der Waals surface area contributed by atoms with Crippen molar-refractivity contribution in [3.8, 4) is 5.75 Å². The number of aromatic hydroxyl groups is 1. The van der Waals surface area contributed by atoms with E-state index in [9.17, 15) is 17.6 Å². The first-order valence-corrected chi connectivity index (χ1v) is 5.89. The molecule has 2 N–H and O–H groups in total. The van der Waals surface area contributed by atoms with Gasteiger partial charge in [0.1, 0.15) is 17.6 Å². The van der Waals surface area contributed by atoms with E-state index in [1.54, 1.807) is 0 Å². The lowest BCUT2D eigenvalue weighted by molar-refractivity contribution is -0.188. The predicted octanol–water partition coefficient (Wildman–Crippen LogP) is 2.04. The summed E-state index contributed by atoms with van der Waals surface area (Å²) in [5.74, 6) is -1.43. The maximum atomic E-state index is 13.7. The van der Waals surface area contributed by atoms with Gasteiger partial charge in [0.05, 0.1) is 0 Å². The molecule has 0 bridgehead atoms. The Balaban J connectivity index is 2.36. The van der Waals surface area contributed by atoms with E-state index in [4.69, 9.17) is 5.11 Å². The Labute approximate surface area is 107 Å². The Kier molecular flexibility index (Phi) is 3.96. The summed E-state index contributed by atoms with van der Waals surface area (Å²) in [6.07, 6.45) is -4.56. The van der Waals surface area contributed by atoms with Gasteiger partial charge in [0.2, 0.25) is 0 Å². The van der Waals surface area contributed by atoms with E-state index in [2.05, 4.69) is 5.32 Å². The first-order chi connectivity index (χ1) is 8.89. The zero-order valence-corrected chi connectivity index (χ0v) is 10.0. The van der Waals surface area contributed by atoms with Gasteiger partial charge in [0, 0.05) is 37.8 Å². The predicted molar refractivity (Wildman–Crippen MR) is 61.3 cm³/mol. The number of alkyl halides is 3. The highest BCUT2D eigenvalue weighted by atomic mass is 19.4. The molecule has 3 nitrogen and oxygen atoms in total. The summed E-state index contributed by atoms with van der Waals surface area (Å²) < 4.78 is 53.2. The molecule has 106 valence electrons. The van der Waals surface area contributed by atoms with Gasteiger partial charge in [0.25, 0.3) is 0 Å². The molecule has 1 saturated heterocycles. The van der Waals surface area contributed by atoms with Crippen LogP contribution in [-0.4, -0.2) is 42.4 Å². The molecule has 0 amide bonds. The monoisotopic (exact) mass is 278 g/mol. The third-order valence-corrected chi connectivity index (χ3v) is 3.11. The molecule has 19 heavy (non-hydrogen) atoms. The van der Waals surface area contributed by atoms with Crippen LogP contribution in [0.3, 0.4) is 0 Å². The molecule has 0 aromatic heterocycles. The van der Waals surface area contributed by atoms with Gasteiger partial charge in [-0.25, -0.2) is 4.39 Å². The third-order valence-electron chi connectivity index (χ3n) is 3.11. The second-order valence-electron chi connectivity index (χ2n) is 4.44. The van der Waals surface area contributed by atoms with E-state index >= 15 is 0 Å². The van der Waals surface area contributed by atoms with E-state index in [0.717, 1.165) is 12.1 Å². The second-order valence-corrected chi connectivity index (χ2v) is 4.44. The van der Waals surface area contributed by atoms with Gasteiger partial charge in [-0.15, -0.1) is 0 Å². The zero-order chi connectivity index (χ0) is 14.0. The Morgan fingerprint density at radius 1 is 1.21 bits per heavy atom. The van der Waals surface area contributed by atoms with Crippen molar-refractivity contribution < 1.29 is 22.7 Å². The van der Waals surface area contributed by atoms with E-state index in [1.807, 2.05) is 0 Å². The quantitative estimate of drug-likeness (QED) is 0.813. The average Bonchev–Trinajstić information content (AvgIpc) is 2.32. The van der Waals surface area contributed by atoms with E-state index in [-0.39, 0.29) is 18.8 Å². The minimum absolute atomic E-state index is 0.199. The summed E-state index contributed by atoms with van der Waals surface area (Å²) in [5.41, 5.74) is -0.452. The molecular weight excluding hydrogens is 264 g/mol. The number of halogens is 4. The number of hydrogen-bond donors (Lipinski definition) is 2. The minimum Gasteiger partial charge on any atom is -0.508 e.